The van der Waals surface area contributed by atoms with Crippen molar-refractivity contribution in [3.05, 3.63) is 29.3 Å². The molecule has 0 aliphatic carbocycles. The van der Waals surface area contributed by atoms with Crippen LogP contribution in [-0.2, 0) is 22.3 Å². The Labute approximate surface area is 102 Å². The third-order valence-electron chi connectivity index (χ3n) is 3.41. The van der Waals surface area contributed by atoms with Gasteiger partial charge in [0.05, 0.1) is 25.4 Å². The highest BCUT2D eigenvalue weighted by Gasteiger charge is 2.28. The van der Waals surface area contributed by atoms with E-state index in [2.05, 4.69) is 37.2 Å². The Hall–Kier alpha value is -1.06. The van der Waals surface area contributed by atoms with Gasteiger partial charge in [-0.25, -0.2) is 0 Å². The van der Waals surface area contributed by atoms with Gasteiger partial charge in [0.15, 0.2) is 0 Å². The minimum Gasteiger partial charge on any atom is -0.377 e. The molecule has 2 heterocycles. The summed E-state index contributed by atoms with van der Waals surface area (Å²) in [5.74, 6) is 0. The molecule has 0 radical (unpaired) electrons. The Kier molecular flexibility index (Phi) is 2.81. The van der Waals surface area contributed by atoms with Gasteiger partial charge in [0.2, 0.25) is 0 Å². The lowest BCUT2D eigenvalue weighted by Crippen LogP contribution is -2.14. The lowest BCUT2D eigenvalue weighted by molar-refractivity contribution is 0.401. The molecule has 1 aromatic carbocycles. The molecular weight excluding hydrogens is 214 g/mol. The number of rotatable bonds is 5. The topological polar surface area (TPSA) is 28.3 Å². The number of benzene rings is 1. The van der Waals surface area contributed by atoms with Crippen molar-refractivity contribution in [1.29, 1.82) is 0 Å². The molecule has 0 N–H and O–H groups in total. The summed E-state index contributed by atoms with van der Waals surface area (Å²) in [6.45, 7) is 1.84. The largest absolute Gasteiger partial charge is 0.377 e. The SMILES string of the molecule is CN(C)c1cccc(CC2CO2)c1CC1CO1. The molecule has 3 heteroatoms. The highest BCUT2D eigenvalue weighted by molar-refractivity contribution is 5.56. The second kappa shape index (κ2) is 4.31. The second-order valence-corrected chi connectivity index (χ2v) is 5.13. The molecule has 0 aromatic heterocycles. The minimum absolute atomic E-state index is 0.440. The van der Waals surface area contributed by atoms with Crippen molar-refractivity contribution >= 4 is 5.69 Å². The molecule has 2 unspecified atom stereocenters. The fourth-order valence-corrected chi connectivity index (χ4v) is 2.31. The van der Waals surface area contributed by atoms with Crippen molar-refractivity contribution in [2.75, 3.05) is 32.2 Å². The van der Waals surface area contributed by atoms with E-state index in [1.54, 1.807) is 0 Å². The van der Waals surface area contributed by atoms with Crippen molar-refractivity contribution in [1.82, 2.24) is 0 Å². The van der Waals surface area contributed by atoms with Gasteiger partial charge in [-0.05, 0) is 17.2 Å². The normalized spacial score (nSPS) is 25.8. The Morgan fingerprint density at radius 2 is 1.76 bits per heavy atom. The van der Waals surface area contributed by atoms with E-state index in [0.29, 0.717) is 12.2 Å². The standard InChI is InChI=1S/C14H19NO2/c1-15(2)14-5-3-4-10(6-11-8-16-11)13(14)7-12-9-17-12/h3-5,11-12H,6-9H2,1-2H3. The monoisotopic (exact) mass is 233 g/mol. The molecular formula is C14H19NO2. The van der Waals surface area contributed by atoms with Crippen LogP contribution in [0.5, 0.6) is 0 Å². The van der Waals surface area contributed by atoms with Crippen LogP contribution in [0.4, 0.5) is 5.69 Å². The summed E-state index contributed by atoms with van der Waals surface area (Å²) in [4.78, 5) is 2.19. The zero-order valence-corrected chi connectivity index (χ0v) is 10.5. The summed E-state index contributed by atoms with van der Waals surface area (Å²) in [6.07, 6.45) is 2.97. The lowest BCUT2D eigenvalue weighted by Gasteiger charge is -2.20. The van der Waals surface area contributed by atoms with Gasteiger partial charge >= 0.3 is 0 Å². The number of ether oxygens (including phenoxy) is 2. The lowest BCUT2D eigenvalue weighted by atomic mass is 9.97. The Balaban J connectivity index is 1.89. The molecule has 0 saturated carbocycles. The fraction of sp³-hybridized carbons (Fsp3) is 0.571. The van der Waals surface area contributed by atoms with Crippen molar-refractivity contribution in [3.63, 3.8) is 0 Å². The smallest absolute Gasteiger partial charge is 0.0851 e. The molecule has 2 fully saturated rings. The highest BCUT2D eigenvalue weighted by Crippen LogP contribution is 2.30. The van der Waals surface area contributed by atoms with Gasteiger partial charge in [0.1, 0.15) is 0 Å². The average Bonchev–Trinajstić information content (AvgIpc) is 3.13. The molecule has 2 aliphatic heterocycles. The summed E-state index contributed by atoms with van der Waals surface area (Å²) in [6, 6.07) is 6.56. The van der Waals surface area contributed by atoms with Gasteiger partial charge in [0, 0.05) is 32.6 Å². The molecule has 92 valence electrons. The molecule has 1 aromatic rings. The van der Waals surface area contributed by atoms with E-state index in [-0.39, 0.29) is 0 Å². The first-order chi connectivity index (χ1) is 8.24. The predicted octanol–water partition coefficient (Wildman–Crippen LogP) is 1.64. The molecule has 0 amide bonds. The number of hydrogen-bond donors (Lipinski definition) is 0. The summed E-state index contributed by atoms with van der Waals surface area (Å²) in [5.41, 5.74) is 4.18. The molecule has 2 atom stereocenters. The highest BCUT2D eigenvalue weighted by atomic mass is 16.6. The first kappa shape index (κ1) is 11.1. The van der Waals surface area contributed by atoms with E-state index in [0.717, 1.165) is 26.1 Å². The summed E-state index contributed by atoms with van der Waals surface area (Å²) in [5, 5.41) is 0. The van der Waals surface area contributed by atoms with Crippen molar-refractivity contribution in [3.8, 4) is 0 Å². The van der Waals surface area contributed by atoms with E-state index in [1.807, 2.05) is 0 Å². The number of anilines is 1. The molecule has 0 spiro atoms. The van der Waals surface area contributed by atoms with Crippen LogP contribution in [0, 0.1) is 0 Å². The number of epoxide rings is 2. The van der Waals surface area contributed by atoms with Crippen LogP contribution in [0.3, 0.4) is 0 Å². The van der Waals surface area contributed by atoms with E-state index >= 15 is 0 Å². The predicted molar refractivity (Wildman–Crippen MR) is 67.7 cm³/mol. The van der Waals surface area contributed by atoms with Gasteiger partial charge in [0.25, 0.3) is 0 Å². The zero-order valence-electron chi connectivity index (χ0n) is 10.5. The maximum Gasteiger partial charge on any atom is 0.0851 e. The molecule has 0 bridgehead atoms. The Morgan fingerprint density at radius 3 is 2.35 bits per heavy atom. The molecule has 3 rings (SSSR count). The van der Waals surface area contributed by atoms with Crippen LogP contribution >= 0.6 is 0 Å². The third-order valence-corrected chi connectivity index (χ3v) is 3.41. The van der Waals surface area contributed by atoms with Crippen LogP contribution in [-0.4, -0.2) is 39.5 Å². The summed E-state index contributed by atoms with van der Waals surface area (Å²) in [7, 11) is 4.20. The zero-order chi connectivity index (χ0) is 11.8. The molecule has 2 saturated heterocycles. The van der Waals surface area contributed by atoms with Crippen molar-refractivity contribution in [2.45, 2.75) is 25.0 Å². The fourth-order valence-electron chi connectivity index (χ4n) is 2.31. The van der Waals surface area contributed by atoms with Crippen LogP contribution in [0.2, 0.25) is 0 Å². The third kappa shape index (κ3) is 2.61. The quantitative estimate of drug-likeness (QED) is 0.724. The van der Waals surface area contributed by atoms with Crippen molar-refractivity contribution in [2.24, 2.45) is 0 Å². The first-order valence-electron chi connectivity index (χ1n) is 6.25. The van der Waals surface area contributed by atoms with Gasteiger partial charge < -0.3 is 14.4 Å². The van der Waals surface area contributed by atoms with Gasteiger partial charge in [-0.15, -0.1) is 0 Å². The Bertz CT molecular complexity index is 409. The summed E-state index contributed by atoms with van der Waals surface area (Å²) < 4.78 is 10.7. The molecule has 2 aliphatic rings. The van der Waals surface area contributed by atoms with Crippen LogP contribution in [0.25, 0.3) is 0 Å². The first-order valence-corrected chi connectivity index (χ1v) is 6.25. The average molecular weight is 233 g/mol. The number of hydrogen-bond acceptors (Lipinski definition) is 3. The van der Waals surface area contributed by atoms with Crippen LogP contribution in [0.15, 0.2) is 18.2 Å². The van der Waals surface area contributed by atoms with Gasteiger partial charge in [-0.2, -0.15) is 0 Å². The maximum absolute atomic E-state index is 5.37. The van der Waals surface area contributed by atoms with E-state index in [1.165, 1.54) is 16.8 Å². The summed E-state index contributed by atoms with van der Waals surface area (Å²) >= 11 is 0. The van der Waals surface area contributed by atoms with Gasteiger partial charge in [-0.1, -0.05) is 12.1 Å². The van der Waals surface area contributed by atoms with E-state index in [9.17, 15) is 0 Å². The van der Waals surface area contributed by atoms with Crippen LogP contribution in [0.1, 0.15) is 11.1 Å². The molecule has 3 nitrogen and oxygen atoms in total. The minimum atomic E-state index is 0.440. The van der Waals surface area contributed by atoms with Crippen LogP contribution < -0.4 is 4.90 Å². The van der Waals surface area contributed by atoms with E-state index in [4.69, 9.17) is 9.47 Å². The Morgan fingerprint density at radius 1 is 1.12 bits per heavy atom. The number of nitrogens with zero attached hydrogens (tertiary/aromatic N) is 1. The van der Waals surface area contributed by atoms with Crippen molar-refractivity contribution < 1.29 is 9.47 Å². The van der Waals surface area contributed by atoms with Gasteiger partial charge in [-0.3, -0.25) is 0 Å². The maximum atomic E-state index is 5.37. The van der Waals surface area contributed by atoms with E-state index < -0.39 is 0 Å². The second-order valence-electron chi connectivity index (χ2n) is 5.13. The molecule has 17 heavy (non-hydrogen) atoms.